The number of halogens is 2. The van der Waals surface area contributed by atoms with Crippen LogP contribution in [0.1, 0.15) is 53.4 Å². The lowest BCUT2D eigenvalue weighted by atomic mass is 9.61. The van der Waals surface area contributed by atoms with E-state index in [1.165, 1.54) is 60.7 Å². The van der Waals surface area contributed by atoms with Crippen LogP contribution in [0.2, 0.25) is 0 Å². The van der Waals surface area contributed by atoms with Gasteiger partial charge in [0, 0.05) is 24.2 Å². The molecule has 0 N–H and O–H groups in total. The first-order valence-electron chi connectivity index (χ1n) is 15.0. The molecule has 0 bridgehead atoms. The molecule has 234 valence electrons. The van der Waals surface area contributed by atoms with Crippen LogP contribution in [-0.4, -0.2) is 33.1 Å². The predicted molar refractivity (Wildman–Crippen MR) is 168 cm³/mol. The van der Waals surface area contributed by atoms with Gasteiger partial charge in [0.2, 0.25) is 0 Å². The van der Waals surface area contributed by atoms with Crippen molar-refractivity contribution in [2.24, 2.45) is 11.8 Å². The monoisotopic (exact) mass is 648 g/mol. The van der Waals surface area contributed by atoms with Gasteiger partial charge < -0.3 is 0 Å². The van der Waals surface area contributed by atoms with Crippen molar-refractivity contribution in [3.63, 3.8) is 0 Å². The molecule has 6 rings (SSSR count). The van der Waals surface area contributed by atoms with E-state index in [0.717, 1.165) is 11.1 Å². The molecular formula is C36H34F2O5S2. The average molecular weight is 649 g/mol. The Morgan fingerprint density at radius 3 is 1.56 bits per heavy atom. The molecule has 0 amide bonds. The van der Waals surface area contributed by atoms with E-state index in [1.54, 1.807) is 36.4 Å². The van der Waals surface area contributed by atoms with E-state index < -0.39 is 65.5 Å². The molecule has 2 saturated carbocycles. The minimum Gasteiger partial charge on any atom is -0.299 e. The maximum absolute atomic E-state index is 15.5. The molecule has 2 fully saturated rings. The Hall–Kier alpha value is -3.69. The molecule has 0 radical (unpaired) electrons. The van der Waals surface area contributed by atoms with Gasteiger partial charge in [-0.3, -0.25) is 4.79 Å². The summed E-state index contributed by atoms with van der Waals surface area (Å²) in [4.78, 5) is 14.1. The van der Waals surface area contributed by atoms with E-state index in [-0.39, 0.29) is 46.0 Å². The van der Waals surface area contributed by atoms with Crippen molar-refractivity contribution in [3.8, 4) is 0 Å². The summed E-state index contributed by atoms with van der Waals surface area (Å²) in [6.45, 7) is 3.67. The first-order valence-corrected chi connectivity index (χ1v) is 18.1. The molecule has 2 aliphatic carbocycles. The summed E-state index contributed by atoms with van der Waals surface area (Å²) in [5, 5.41) is -2.41. The molecule has 0 aliphatic heterocycles. The minimum absolute atomic E-state index is 0.0457. The van der Waals surface area contributed by atoms with Gasteiger partial charge in [0.1, 0.15) is 17.4 Å². The first-order chi connectivity index (χ1) is 21.4. The van der Waals surface area contributed by atoms with Crippen molar-refractivity contribution in [2.45, 2.75) is 65.2 Å². The number of aryl methyl sites for hydroxylation is 2. The van der Waals surface area contributed by atoms with Crippen LogP contribution >= 0.6 is 0 Å². The maximum atomic E-state index is 15.5. The largest absolute Gasteiger partial charge is 0.299 e. The van der Waals surface area contributed by atoms with Crippen molar-refractivity contribution in [3.05, 3.63) is 131 Å². The zero-order valence-corrected chi connectivity index (χ0v) is 26.6. The third kappa shape index (κ3) is 5.65. The topological polar surface area (TPSA) is 85.3 Å². The number of hydrogen-bond acceptors (Lipinski definition) is 5. The molecule has 0 aromatic heterocycles. The molecule has 6 atom stereocenters. The first kappa shape index (κ1) is 31.3. The van der Waals surface area contributed by atoms with Crippen LogP contribution in [0.25, 0.3) is 0 Å². The smallest absolute Gasteiger partial charge is 0.182 e. The second kappa shape index (κ2) is 11.9. The molecular weight excluding hydrogens is 615 g/mol. The van der Waals surface area contributed by atoms with E-state index in [0.29, 0.717) is 0 Å². The minimum atomic E-state index is -4.17. The number of hydrogen-bond donors (Lipinski definition) is 0. The Labute approximate surface area is 263 Å². The van der Waals surface area contributed by atoms with Crippen LogP contribution in [0.4, 0.5) is 8.78 Å². The van der Waals surface area contributed by atoms with E-state index >= 15 is 8.78 Å². The van der Waals surface area contributed by atoms with Crippen molar-refractivity contribution in [2.75, 3.05) is 0 Å². The standard InChI is InChI=1S/C36H34F2O5S2/c1-22-11-15-24(16-12-22)44(40,41)35-21-28-30(19-29(35)26-7-3-5-9-32(26)37)36(45(42,43)25-17-13-23(2)14-18-25)31(20-34(28)39)27-8-4-6-10-33(27)38/h3-18,28-31,35-36H,19-21H2,1-2H3/t28-,29+,30+,31+,35?,36?/m1/s1. The van der Waals surface area contributed by atoms with Gasteiger partial charge in [-0.1, -0.05) is 71.8 Å². The van der Waals surface area contributed by atoms with E-state index in [1.807, 2.05) is 13.8 Å². The molecule has 0 heterocycles. The van der Waals surface area contributed by atoms with E-state index in [4.69, 9.17) is 0 Å². The highest BCUT2D eigenvalue weighted by Crippen LogP contribution is 2.54. The fourth-order valence-corrected chi connectivity index (χ4v) is 11.7. The van der Waals surface area contributed by atoms with Gasteiger partial charge in [-0.2, -0.15) is 0 Å². The summed E-state index contributed by atoms with van der Waals surface area (Å²) in [7, 11) is -8.25. The van der Waals surface area contributed by atoms with Crippen molar-refractivity contribution >= 4 is 25.5 Å². The number of sulfone groups is 2. The lowest BCUT2D eigenvalue weighted by molar-refractivity contribution is -0.128. The van der Waals surface area contributed by atoms with Gasteiger partial charge in [0.25, 0.3) is 0 Å². The van der Waals surface area contributed by atoms with Gasteiger partial charge >= 0.3 is 0 Å². The van der Waals surface area contributed by atoms with Crippen molar-refractivity contribution in [1.29, 1.82) is 0 Å². The Balaban J connectivity index is 1.53. The van der Waals surface area contributed by atoms with E-state index in [2.05, 4.69) is 0 Å². The van der Waals surface area contributed by atoms with Crippen LogP contribution in [-0.2, 0) is 24.5 Å². The molecule has 4 aromatic rings. The lowest BCUT2D eigenvalue weighted by Gasteiger charge is -2.48. The highest BCUT2D eigenvalue weighted by atomic mass is 32.2. The number of rotatable bonds is 6. The Kier molecular flexibility index (Phi) is 8.29. The SMILES string of the molecule is Cc1ccc(S(=O)(=O)C2C[C@H]3C(=O)C[C@@H](c4ccccc4F)C(S(=O)(=O)c4ccc(C)cc4)[C@H]3C[C@H]2c2ccccc2F)cc1. The van der Waals surface area contributed by atoms with Gasteiger partial charge in [0.15, 0.2) is 19.7 Å². The van der Waals surface area contributed by atoms with Crippen LogP contribution in [0.5, 0.6) is 0 Å². The Morgan fingerprint density at radius 1 is 0.578 bits per heavy atom. The molecule has 0 saturated heterocycles. The number of ketones is 1. The van der Waals surface area contributed by atoms with Crippen molar-refractivity contribution in [1.82, 2.24) is 0 Å². The number of Topliss-reactive ketones (excluding diaryl/α,β-unsaturated/α-hetero) is 1. The molecule has 2 aliphatic rings. The number of benzene rings is 4. The third-order valence-corrected chi connectivity index (χ3v) is 14.3. The summed E-state index contributed by atoms with van der Waals surface area (Å²) in [5.41, 5.74) is 2.01. The van der Waals surface area contributed by atoms with E-state index in [9.17, 15) is 21.6 Å². The second-order valence-electron chi connectivity index (χ2n) is 12.4. The summed E-state index contributed by atoms with van der Waals surface area (Å²) in [6.07, 6.45) is -0.490. The van der Waals surface area contributed by atoms with Crippen LogP contribution in [0.3, 0.4) is 0 Å². The summed E-state index contributed by atoms with van der Waals surface area (Å²) < 4.78 is 88.4. The Morgan fingerprint density at radius 2 is 1.04 bits per heavy atom. The number of fused-ring (bicyclic) bond motifs is 1. The molecule has 5 nitrogen and oxygen atoms in total. The fraction of sp³-hybridized carbons (Fsp3) is 0.306. The molecule has 4 aromatic carbocycles. The lowest BCUT2D eigenvalue weighted by Crippen LogP contribution is -2.53. The van der Waals surface area contributed by atoms with Crippen molar-refractivity contribution < 1.29 is 30.4 Å². The maximum Gasteiger partial charge on any atom is 0.182 e. The zero-order valence-electron chi connectivity index (χ0n) is 24.9. The summed E-state index contributed by atoms with van der Waals surface area (Å²) >= 11 is 0. The Bertz CT molecular complexity index is 1960. The van der Waals surface area contributed by atoms with Gasteiger partial charge in [-0.25, -0.2) is 25.6 Å². The van der Waals surface area contributed by atoms with Crippen LogP contribution < -0.4 is 0 Å². The van der Waals surface area contributed by atoms with Crippen LogP contribution in [0, 0.1) is 37.3 Å². The highest BCUT2D eigenvalue weighted by Gasteiger charge is 2.57. The number of carbonyl (C=O) groups excluding carboxylic acids is 1. The average Bonchev–Trinajstić information content (AvgIpc) is 3.01. The zero-order chi connectivity index (χ0) is 32.1. The van der Waals surface area contributed by atoms with Gasteiger partial charge in [-0.05, 0) is 80.1 Å². The quantitative estimate of drug-likeness (QED) is 0.222. The fourth-order valence-electron chi connectivity index (χ4n) is 7.46. The normalized spacial score (nSPS) is 25.5. The molecule has 0 spiro atoms. The molecule has 45 heavy (non-hydrogen) atoms. The number of carbonyl (C=O) groups is 1. The summed E-state index contributed by atoms with van der Waals surface area (Å²) in [6, 6.07) is 24.6. The third-order valence-electron chi connectivity index (χ3n) is 9.70. The highest BCUT2D eigenvalue weighted by molar-refractivity contribution is 7.92. The van der Waals surface area contributed by atoms with Crippen LogP contribution in [0.15, 0.2) is 107 Å². The molecule has 2 unspecified atom stereocenters. The van der Waals surface area contributed by atoms with Gasteiger partial charge in [0.05, 0.1) is 20.3 Å². The summed E-state index contributed by atoms with van der Waals surface area (Å²) in [5.74, 6) is -5.27. The van der Waals surface area contributed by atoms with Gasteiger partial charge in [-0.15, -0.1) is 0 Å². The molecule has 9 heteroatoms. The second-order valence-corrected chi connectivity index (χ2v) is 16.7. The predicted octanol–water partition coefficient (Wildman–Crippen LogP) is 7.13.